The summed E-state index contributed by atoms with van der Waals surface area (Å²) in [7, 11) is 1.27. The van der Waals surface area contributed by atoms with Crippen molar-refractivity contribution in [3.63, 3.8) is 0 Å². The van der Waals surface area contributed by atoms with Gasteiger partial charge in [-0.2, -0.15) is 0 Å². The van der Waals surface area contributed by atoms with E-state index in [0.717, 1.165) is 10.0 Å². The lowest BCUT2D eigenvalue weighted by Crippen LogP contribution is -2.40. The van der Waals surface area contributed by atoms with Crippen molar-refractivity contribution < 1.29 is 33.3 Å². The monoisotopic (exact) mass is 798 g/mol. The molecule has 3 aromatic carbocycles. The van der Waals surface area contributed by atoms with Gasteiger partial charge in [0.05, 0.1) is 46.6 Å². The molecule has 0 saturated carbocycles. The Morgan fingerprint density at radius 2 is 1.75 bits per heavy atom. The predicted octanol–water partition coefficient (Wildman–Crippen LogP) is 5.85. The standard InChI is InChI=1S/C35H32Br2N2O8S/c1-5-44-27-15-22(12-13-26(27)46-19-29(40)43-4)31-30(34(42)45-6-2)20(3)38-35-39(31)33(41)28(48-35)16-23-14-24(36)17-25(37)32(23)47-18-21-10-8-7-9-11-21/h7-17,31H,5-6,18-19H2,1-4H3/b28-16+/t31-/m1/s1. The third-order valence-corrected chi connectivity index (χ3v) is 9.25. The average molecular weight is 801 g/mol. The van der Waals surface area contributed by atoms with Gasteiger partial charge in [0.25, 0.3) is 5.56 Å². The van der Waals surface area contributed by atoms with Gasteiger partial charge in [-0.05, 0) is 78.2 Å². The minimum Gasteiger partial charge on any atom is -0.490 e. The van der Waals surface area contributed by atoms with Gasteiger partial charge in [0.1, 0.15) is 12.4 Å². The third-order valence-electron chi connectivity index (χ3n) is 7.22. The van der Waals surface area contributed by atoms with Crippen LogP contribution in [0.2, 0.25) is 0 Å². The zero-order chi connectivity index (χ0) is 34.4. The zero-order valence-corrected chi connectivity index (χ0v) is 30.6. The van der Waals surface area contributed by atoms with Gasteiger partial charge in [0, 0.05) is 10.0 Å². The van der Waals surface area contributed by atoms with Crippen molar-refractivity contribution in [2.24, 2.45) is 4.99 Å². The van der Waals surface area contributed by atoms with Crippen LogP contribution in [0.25, 0.3) is 6.08 Å². The summed E-state index contributed by atoms with van der Waals surface area (Å²) >= 11 is 8.37. The molecule has 5 rings (SSSR count). The number of ether oxygens (including phenoxy) is 5. The molecule has 4 aromatic rings. The molecule has 0 unspecified atom stereocenters. The number of thiazole rings is 1. The Morgan fingerprint density at radius 3 is 2.46 bits per heavy atom. The van der Waals surface area contributed by atoms with Crippen molar-refractivity contribution in [3.8, 4) is 17.2 Å². The van der Waals surface area contributed by atoms with Crippen LogP contribution >= 0.6 is 43.2 Å². The van der Waals surface area contributed by atoms with Crippen LogP contribution in [0, 0.1) is 0 Å². The van der Waals surface area contributed by atoms with Gasteiger partial charge in [-0.3, -0.25) is 9.36 Å². The molecule has 2 heterocycles. The van der Waals surface area contributed by atoms with Crippen molar-refractivity contribution in [2.45, 2.75) is 33.4 Å². The number of halogens is 2. The highest BCUT2D eigenvalue weighted by atomic mass is 79.9. The molecule has 1 aliphatic heterocycles. The zero-order valence-electron chi connectivity index (χ0n) is 26.6. The first kappa shape index (κ1) is 35.1. The van der Waals surface area contributed by atoms with Crippen LogP contribution in [-0.4, -0.2) is 43.4 Å². The molecule has 1 aromatic heterocycles. The average Bonchev–Trinajstić information content (AvgIpc) is 3.37. The molecule has 0 N–H and O–H groups in total. The normalized spacial score (nSPS) is 14.2. The first-order valence-corrected chi connectivity index (χ1v) is 17.4. The van der Waals surface area contributed by atoms with Crippen LogP contribution < -0.4 is 29.1 Å². The van der Waals surface area contributed by atoms with Gasteiger partial charge >= 0.3 is 11.9 Å². The highest BCUT2D eigenvalue weighted by molar-refractivity contribution is 9.11. The summed E-state index contributed by atoms with van der Waals surface area (Å²) in [5.74, 6) is 0.0623. The highest BCUT2D eigenvalue weighted by Gasteiger charge is 2.34. The van der Waals surface area contributed by atoms with Gasteiger partial charge in [-0.1, -0.05) is 63.7 Å². The lowest BCUT2D eigenvalue weighted by Gasteiger charge is -2.25. The molecular formula is C35H32Br2N2O8S. The minimum atomic E-state index is -0.889. The number of nitrogens with zero attached hydrogens (tertiary/aromatic N) is 2. The topological polar surface area (TPSA) is 115 Å². The first-order chi connectivity index (χ1) is 23.1. The molecule has 0 aliphatic carbocycles. The number of carbonyl (C=O) groups is 2. The number of carbonyl (C=O) groups excluding carboxylic acids is 2. The Bertz CT molecular complexity index is 2060. The van der Waals surface area contributed by atoms with Crippen molar-refractivity contribution in [3.05, 3.63) is 117 Å². The highest BCUT2D eigenvalue weighted by Crippen LogP contribution is 2.37. The van der Waals surface area contributed by atoms with Crippen LogP contribution in [0.4, 0.5) is 0 Å². The summed E-state index contributed by atoms with van der Waals surface area (Å²) in [4.78, 5) is 44.6. The van der Waals surface area contributed by atoms with Crippen LogP contribution in [0.3, 0.4) is 0 Å². The van der Waals surface area contributed by atoms with E-state index in [1.807, 2.05) is 49.4 Å². The molecule has 250 valence electrons. The first-order valence-electron chi connectivity index (χ1n) is 15.0. The van der Waals surface area contributed by atoms with Crippen molar-refractivity contribution in [1.82, 2.24) is 4.57 Å². The fourth-order valence-electron chi connectivity index (χ4n) is 5.10. The number of rotatable bonds is 12. The largest absolute Gasteiger partial charge is 0.490 e. The van der Waals surface area contributed by atoms with Crippen LogP contribution in [0.15, 0.2) is 90.7 Å². The number of methoxy groups -OCH3 is 1. The Kier molecular flexibility index (Phi) is 11.6. The van der Waals surface area contributed by atoms with E-state index in [-0.39, 0.29) is 24.3 Å². The molecule has 1 aliphatic rings. The molecule has 48 heavy (non-hydrogen) atoms. The van der Waals surface area contributed by atoms with Crippen LogP contribution in [-0.2, 0) is 25.7 Å². The van der Waals surface area contributed by atoms with E-state index in [0.29, 0.717) is 61.1 Å². The summed E-state index contributed by atoms with van der Waals surface area (Å²) in [6.45, 7) is 5.69. The lowest BCUT2D eigenvalue weighted by atomic mass is 9.95. The van der Waals surface area contributed by atoms with E-state index in [1.54, 1.807) is 38.1 Å². The predicted molar refractivity (Wildman–Crippen MR) is 188 cm³/mol. The molecule has 0 saturated heterocycles. The Labute approximate surface area is 297 Å². The minimum absolute atomic E-state index is 0.140. The van der Waals surface area contributed by atoms with Gasteiger partial charge in [0.2, 0.25) is 0 Å². The smallest absolute Gasteiger partial charge is 0.343 e. The van der Waals surface area contributed by atoms with Crippen molar-refractivity contribution in [1.29, 1.82) is 0 Å². The maximum atomic E-state index is 14.3. The summed E-state index contributed by atoms with van der Waals surface area (Å²) < 4.78 is 31.2. The molecule has 0 bridgehead atoms. The maximum Gasteiger partial charge on any atom is 0.343 e. The van der Waals surface area contributed by atoms with E-state index < -0.39 is 18.0 Å². The van der Waals surface area contributed by atoms with Gasteiger partial charge in [-0.25, -0.2) is 14.6 Å². The second kappa shape index (κ2) is 15.8. The SMILES string of the molecule is CCOC(=O)C1=C(C)N=c2s/c(=C/c3cc(Br)cc(Br)c3OCc3ccccc3)c(=O)n2[C@@H]1c1ccc(OCC(=O)OC)c(OCC)c1. The second-order valence-corrected chi connectivity index (χ2v) is 13.2. The number of hydrogen-bond donors (Lipinski definition) is 0. The Hall–Kier alpha value is -4.20. The molecular weight excluding hydrogens is 768 g/mol. The molecule has 0 spiro atoms. The molecule has 10 nitrogen and oxygen atoms in total. The van der Waals surface area contributed by atoms with Crippen LogP contribution in [0.1, 0.15) is 43.5 Å². The molecule has 0 radical (unpaired) electrons. The number of allylic oxidation sites excluding steroid dienone is 1. The number of esters is 2. The van der Waals surface area contributed by atoms with Gasteiger partial charge < -0.3 is 23.7 Å². The summed E-state index contributed by atoms with van der Waals surface area (Å²) in [6, 6.07) is 17.7. The van der Waals surface area contributed by atoms with E-state index in [2.05, 4.69) is 36.9 Å². The number of aromatic nitrogens is 1. The maximum absolute atomic E-state index is 14.3. The summed E-state index contributed by atoms with van der Waals surface area (Å²) in [5, 5.41) is 0. The quantitative estimate of drug-likeness (QED) is 0.164. The van der Waals surface area contributed by atoms with Gasteiger partial charge in [0.15, 0.2) is 22.9 Å². The van der Waals surface area contributed by atoms with Crippen molar-refractivity contribution in [2.75, 3.05) is 26.9 Å². The summed E-state index contributed by atoms with van der Waals surface area (Å²) in [6.07, 6.45) is 1.76. The number of fused-ring (bicyclic) bond motifs is 1. The van der Waals surface area contributed by atoms with Gasteiger partial charge in [-0.15, -0.1) is 0 Å². The van der Waals surface area contributed by atoms with E-state index >= 15 is 0 Å². The third kappa shape index (κ3) is 7.74. The molecule has 0 amide bonds. The molecule has 0 fully saturated rings. The Morgan fingerprint density at radius 1 is 0.979 bits per heavy atom. The van der Waals surface area contributed by atoms with E-state index in [1.165, 1.54) is 23.0 Å². The summed E-state index contributed by atoms with van der Waals surface area (Å²) in [5.41, 5.74) is 2.51. The molecule has 1 atom stereocenters. The van der Waals surface area contributed by atoms with Crippen LogP contribution in [0.5, 0.6) is 17.2 Å². The second-order valence-electron chi connectivity index (χ2n) is 10.4. The Balaban J connectivity index is 1.65. The number of hydrogen-bond acceptors (Lipinski definition) is 10. The fraction of sp³-hybridized carbons (Fsp3) is 0.257. The van der Waals surface area contributed by atoms with E-state index in [9.17, 15) is 14.4 Å². The number of benzene rings is 3. The van der Waals surface area contributed by atoms with Crippen molar-refractivity contribution >= 4 is 61.2 Å². The van der Waals surface area contributed by atoms with E-state index in [4.69, 9.17) is 23.7 Å². The lowest BCUT2D eigenvalue weighted by molar-refractivity contribution is -0.143. The fourth-order valence-corrected chi connectivity index (χ4v) is 7.51. The molecule has 13 heteroatoms.